The molecule has 2 heterocycles. The van der Waals surface area contributed by atoms with Gasteiger partial charge < -0.3 is 15.5 Å². The fourth-order valence-corrected chi connectivity index (χ4v) is 4.81. The van der Waals surface area contributed by atoms with E-state index >= 15 is 0 Å². The first-order valence-electron chi connectivity index (χ1n) is 9.57. The second-order valence-electron chi connectivity index (χ2n) is 8.32. The standard InChI is InChI=1S/C20H28N4O2/c1-22(2)13-20(10-11-20)14-6-8-15(9-7-14)24-17(18(21)25)16-5-3-4-12-23(16)19(24)26/h6-9,16-17H,3-5,10-13H2,1-2H3,(H2,21,25)/t16-,17?/m1/s1. The second kappa shape index (κ2) is 6.27. The minimum absolute atomic E-state index is 0.0827. The Hall–Kier alpha value is -2.08. The lowest BCUT2D eigenvalue weighted by atomic mass is 9.94. The molecule has 26 heavy (non-hydrogen) atoms. The summed E-state index contributed by atoms with van der Waals surface area (Å²) >= 11 is 0. The quantitative estimate of drug-likeness (QED) is 0.876. The number of carbonyl (C=O) groups is 2. The lowest BCUT2D eigenvalue weighted by molar-refractivity contribution is -0.119. The predicted molar refractivity (Wildman–Crippen MR) is 101 cm³/mol. The van der Waals surface area contributed by atoms with E-state index in [1.54, 1.807) is 4.90 Å². The molecule has 0 radical (unpaired) electrons. The molecule has 2 saturated heterocycles. The molecule has 6 nitrogen and oxygen atoms in total. The number of nitrogens with two attached hydrogens (primary N) is 1. The Balaban J connectivity index is 1.62. The SMILES string of the molecule is CN(C)CC1(c2ccc(N3C(=O)N4CCCC[C@@H]4C3C(N)=O)cc2)CC1. The van der Waals surface area contributed by atoms with Gasteiger partial charge in [-0.2, -0.15) is 0 Å². The molecular weight excluding hydrogens is 328 g/mol. The highest BCUT2D eigenvalue weighted by molar-refractivity contribution is 6.03. The number of carbonyl (C=O) groups excluding carboxylic acids is 2. The lowest BCUT2D eigenvalue weighted by Crippen LogP contribution is -2.48. The summed E-state index contributed by atoms with van der Waals surface area (Å²) in [5, 5.41) is 0. The van der Waals surface area contributed by atoms with Crippen LogP contribution in [0.5, 0.6) is 0 Å². The Morgan fingerprint density at radius 2 is 1.92 bits per heavy atom. The van der Waals surface area contributed by atoms with Crippen LogP contribution in [-0.2, 0) is 10.2 Å². The molecule has 3 aliphatic rings. The Labute approximate surface area is 154 Å². The fourth-order valence-electron chi connectivity index (χ4n) is 4.81. The van der Waals surface area contributed by atoms with Crippen LogP contribution in [0, 0.1) is 0 Å². The molecule has 1 aromatic rings. The fraction of sp³-hybridized carbons (Fsp3) is 0.600. The van der Waals surface area contributed by atoms with Crippen molar-refractivity contribution in [3.05, 3.63) is 29.8 Å². The van der Waals surface area contributed by atoms with Crippen LogP contribution in [0.2, 0.25) is 0 Å². The van der Waals surface area contributed by atoms with Crippen LogP contribution >= 0.6 is 0 Å². The smallest absolute Gasteiger partial charge is 0.325 e. The van der Waals surface area contributed by atoms with Gasteiger partial charge in [0.25, 0.3) is 0 Å². The predicted octanol–water partition coefficient (Wildman–Crippen LogP) is 1.93. The molecule has 1 unspecified atom stereocenters. The summed E-state index contributed by atoms with van der Waals surface area (Å²) < 4.78 is 0. The summed E-state index contributed by atoms with van der Waals surface area (Å²) in [5.41, 5.74) is 8.03. The van der Waals surface area contributed by atoms with Crippen molar-refractivity contribution < 1.29 is 9.59 Å². The van der Waals surface area contributed by atoms with E-state index in [1.807, 2.05) is 17.0 Å². The number of rotatable bonds is 5. The van der Waals surface area contributed by atoms with Crippen LogP contribution < -0.4 is 10.6 Å². The van der Waals surface area contributed by atoms with Crippen molar-refractivity contribution in [1.29, 1.82) is 0 Å². The van der Waals surface area contributed by atoms with Crippen LogP contribution in [0.3, 0.4) is 0 Å². The molecule has 2 N–H and O–H groups in total. The third-order valence-electron chi connectivity index (χ3n) is 6.17. The van der Waals surface area contributed by atoms with Gasteiger partial charge in [0.15, 0.2) is 0 Å². The van der Waals surface area contributed by atoms with E-state index in [-0.39, 0.29) is 17.5 Å². The number of anilines is 1. The minimum Gasteiger partial charge on any atom is -0.368 e. The monoisotopic (exact) mass is 356 g/mol. The molecule has 1 saturated carbocycles. The van der Waals surface area contributed by atoms with Gasteiger partial charge in [-0.15, -0.1) is 0 Å². The average molecular weight is 356 g/mol. The van der Waals surface area contributed by atoms with E-state index in [2.05, 4.69) is 31.1 Å². The Morgan fingerprint density at radius 1 is 1.23 bits per heavy atom. The van der Waals surface area contributed by atoms with E-state index in [0.29, 0.717) is 6.54 Å². The Kier molecular flexibility index (Phi) is 4.18. The summed E-state index contributed by atoms with van der Waals surface area (Å²) in [6.45, 7) is 1.75. The Bertz CT molecular complexity index is 711. The van der Waals surface area contributed by atoms with Crippen molar-refractivity contribution in [2.45, 2.75) is 49.6 Å². The normalized spacial score (nSPS) is 27.0. The summed E-state index contributed by atoms with van der Waals surface area (Å²) in [5.74, 6) is -0.414. The van der Waals surface area contributed by atoms with E-state index in [1.165, 1.54) is 18.4 Å². The maximum atomic E-state index is 12.9. The van der Waals surface area contributed by atoms with Gasteiger partial charge in [-0.25, -0.2) is 4.79 Å². The van der Waals surface area contributed by atoms with E-state index < -0.39 is 11.9 Å². The first kappa shape index (κ1) is 17.3. The van der Waals surface area contributed by atoms with Crippen molar-refractivity contribution >= 4 is 17.6 Å². The first-order chi connectivity index (χ1) is 12.4. The number of primary amides is 1. The summed E-state index contributed by atoms with van der Waals surface area (Å²) in [7, 11) is 4.20. The van der Waals surface area contributed by atoms with Crippen LogP contribution in [0.4, 0.5) is 10.5 Å². The molecule has 1 aliphatic carbocycles. The van der Waals surface area contributed by atoms with Crippen LogP contribution in [0.1, 0.15) is 37.7 Å². The summed E-state index contributed by atoms with van der Waals surface area (Å²) in [6, 6.07) is 7.47. The maximum Gasteiger partial charge on any atom is 0.325 e. The van der Waals surface area contributed by atoms with Crippen molar-refractivity contribution in [2.24, 2.45) is 5.73 Å². The number of amides is 3. The van der Waals surface area contributed by atoms with Gasteiger partial charge in [0.2, 0.25) is 5.91 Å². The number of urea groups is 1. The van der Waals surface area contributed by atoms with Crippen LogP contribution in [0.25, 0.3) is 0 Å². The molecule has 3 amide bonds. The number of fused-ring (bicyclic) bond motifs is 1. The molecular formula is C20H28N4O2. The molecule has 2 atom stereocenters. The number of nitrogens with zero attached hydrogens (tertiary/aromatic N) is 3. The molecule has 4 rings (SSSR count). The molecule has 140 valence electrons. The number of piperidine rings is 1. The zero-order valence-electron chi connectivity index (χ0n) is 15.6. The highest BCUT2D eigenvalue weighted by atomic mass is 16.2. The molecule has 3 fully saturated rings. The van der Waals surface area contributed by atoms with Crippen molar-refractivity contribution in [3.63, 3.8) is 0 Å². The molecule has 6 heteroatoms. The molecule has 2 aliphatic heterocycles. The van der Waals surface area contributed by atoms with Gasteiger partial charge in [0, 0.05) is 24.2 Å². The largest absolute Gasteiger partial charge is 0.368 e. The third kappa shape index (κ3) is 2.76. The minimum atomic E-state index is -0.565. The molecule has 0 aromatic heterocycles. The summed E-state index contributed by atoms with van der Waals surface area (Å²) in [4.78, 5) is 30.8. The van der Waals surface area contributed by atoms with Gasteiger partial charge in [0.05, 0.1) is 6.04 Å². The van der Waals surface area contributed by atoms with Crippen LogP contribution in [-0.4, -0.2) is 61.0 Å². The molecule has 0 spiro atoms. The topological polar surface area (TPSA) is 69.9 Å². The highest BCUT2D eigenvalue weighted by Crippen LogP contribution is 2.49. The zero-order chi connectivity index (χ0) is 18.5. The average Bonchev–Trinajstić information content (AvgIpc) is 3.32. The first-order valence-corrected chi connectivity index (χ1v) is 9.57. The number of likely N-dealkylation sites (N-methyl/N-ethyl adjacent to an activating group) is 1. The Morgan fingerprint density at radius 3 is 2.50 bits per heavy atom. The van der Waals surface area contributed by atoms with Crippen molar-refractivity contribution in [1.82, 2.24) is 9.80 Å². The van der Waals surface area contributed by atoms with Gasteiger partial charge >= 0.3 is 6.03 Å². The molecule has 0 bridgehead atoms. The van der Waals surface area contributed by atoms with Gasteiger partial charge in [-0.1, -0.05) is 12.1 Å². The van der Waals surface area contributed by atoms with Crippen molar-refractivity contribution in [3.8, 4) is 0 Å². The number of hydrogen-bond acceptors (Lipinski definition) is 3. The lowest BCUT2D eigenvalue weighted by Gasteiger charge is -2.29. The van der Waals surface area contributed by atoms with Gasteiger partial charge in [-0.3, -0.25) is 9.69 Å². The highest BCUT2D eigenvalue weighted by Gasteiger charge is 2.50. The second-order valence-corrected chi connectivity index (χ2v) is 8.32. The van der Waals surface area contributed by atoms with Gasteiger partial charge in [0.1, 0.15) is 6.04 Å². The van der Waals surface area contributed by atoms with Gasteiger partial charge in [-0.05, 0) is 63.9 Å². The summed E-state index contributed by atoms with van der Waals surface area (Å²) in [6.07, 6.45) is 5.28. The van der Waals surface area contributed by atoms with E-state index in [9.17, 15) is 9.59 Å². The molecule has 1 aromatic carbocycles. The van der Waals surface area contributed by atoms with Crippen LogP contribution in [0.15, 0.2) is 24.3 Å². The van der Waals surface area contributed by atoms with Crippen molar-refractivity contribution in [2.75, 3.05) is 32.1 Å². The maximum absolute atomic E-state index is 12.9. The number of benzene rings is 1. The zero-order valence-corrected chi connectivity index (χ0v) is 15.6. The number of hydrogen-bond donors (Lipinski definition) is 1. The van der Waals surface area contributed by atoms with E-state index in [4.69, 9.17) is 5.73 Å². The van der Waals surface area contributed by atoms with E-state index in [0.717, 1.165) is 31.5 Å². The third-order valence-corrected chi connectivity index (χ3v) is 6.17.